The van der Waals surface area contributed by atoms with Crippen molar-refractivity contribution in [1.29, 1.82) is 0 Å². The van der Waals surface area contributed by atoms with Crippen LogP contribution in [0.4, 0.5) is 0 Å². The summed E-state index contributed by atoms with van der Waals surface area (Å²) in [4.78, 5) is 0. The summed E-state index contributed by atoms with van der Waals surface area (Å²) >= 11 is -6.17. The van der Waals surface area contributed by atoms with Gasteiger partial charge in [0.15, 0.2) is 0 Å². The van der Waals surface area contributed by atoms with Crippen LogP contribution in [0.25, 0.3) is 0 Å². The molecule has 0 atom stereocenters. The first-order valence-electron chi connectivity index (χ1n) is 2.40. The summed E-state index contributed by atoms with van der Waals surface area (Å²) < 4.78 is 34.6. The molecule has 0 heterocycles. The zero-order chi connectivity index (χ0) is 11.7. The van der Waals surface area contributed by atoms with E-state index >= 15 is 0 Å². The fourth-order valence-electron chi connectivity index (χ4n) is 0. The van der Waals surface area contributed by atoms with Crippen LogP contribution in [0.15, 0.2) is 0 Å². The summed E-state index contributed by atoms with van der Waals surface area (Å²) in [6.45, 7) is 0. The normalized spacial score (nSPS) is 8.15. The Bertz CT molecular complexity index is 217. The standard InChI is InChI=1S/2CH5N3.4O.W/c2*2-1(3)4;;;;;/h2*(H5,2,3,4);;;;;/q;;;;2*-1;/p+2. The molecule has 0 bridgehead atoms. The monoisotopic (exact) mass is 368 g/mol. The summed E-state index contributed by atoms with van der Waals surface area (Å²) in [6, 6.07) is 0. The predicted molar refractivity (Wildman–Crippen MR) is 32.0 cm³/mol. The number of nitrogens with two attached hydrogens (primary N) is 6. The van der Waals surface area contributed by atoms with Crippen molar-refractivity contribution in [2.75, 3.05) is 0 Å². The Kier molecular flexibility index (Phi) is 12.1. The van der Waals surface area contributed by atoms with Gasteiger partial charge in [0.05, 0.1) is 0 Å². The van der Waals surface area contributed by atoms with Crippen molar-refractivity contribution in [3.8, 4) is 0 Å². The van der Waals surface area contributed by atoms with Crippen LogP contribution in [-0.4, -0.2) is 11.9 Å². The molecule has 0 unspecified atom stereocenters. The summed E-state index contributed by atoms with van der Waals surface area (Å²) in [5, 5.41) is 9.17. The zero-order valence-corrected chi connectivity index (χ0v) is 9.44. The Morgan fingerprint density at radius 1 is 0.923 bits per heavy atom. The minimum absolute atomic E-state index is 0.0833. The maximum absolute atomic E-state index is 8.65. The van der Waals surface area contributed by atoms with Crippen LogP contribution in [-0.2, 0) is 23.5 Å². The van der Waals surface area contributed by atoms with Gasteiger partial charge in [-0.05, 0) is 0 Å². The van der Waals surface area contributed by atoms with Crippen molar-refractivity contribution >= 4 is 11.9 Å². The third-order valence-corrected chi connectivity index (χ3v) is 0. The molecule has 0 aliphatic carbocycles. The van der Waals surface area contributed by atoms with Gasteiger partial charge in [0.2, 0.25) is 0 Å². The van der Waals surface area contributed by atoms with E-state index in [0.717, 1.165) is 0 Å². The van der Waals surface area contributed by atoms with Gasteiger partial charge in [-0.15, -0.1) is 0 Å². The summed E-state index contributed by atoms with van der Waals surface area (Å²) in [5.74, 6) is -0.167. The van der Waals surface area contributed by atoms with Crippen LogP contribution >= 0.6 is 0 Å². The van der Waals surface area contributed by atoms with E-state index in [4.69, 9.17) is 14.3 Å². The average molecular weight is 368 g/mol. The average Bonchev–Trinajstić information content (AvgIpc) is 1.50. The second-order valence-corrected chi connectivity index (χ2v) is 4.34. The molecule has 0 radical (unpaired) electrons. The Morgan fingerprint density at radius 2 is 0.923 bits per heavy atom. The number of rotatable bonds is 0. The molecule has 0 aromatic heterocycles. The van der Waals surface area contributed by atoms with E-state index in [9.17, 15) is 0 Å². The van der Waals surface area contributed by atoms with E-state index < -0.39 is 16.7 Å². The van der Waals surface area contributed by atoms with Crippen LogP contribution in [0, 0.1) is 0 Å². The van der Waals surface area contributed by atoms with E-state index in [-0.39, 0.29) is 11.9 Å². The van der Waals surface area contributed by atoms with E-state index in [2.05, 4.69) is 33.8 Å². The van der Waals surface area contributed by atoms with Crippen molar-refractivity contribution < 1.29 is 41.9 Å². The van der Waals surface area contributed by atoms with E-state index in [1.54, 1.807) is 0 Å². The molecule has 11 heteroatoms. The van der Waals surface area contributed by atoms with Gasteiger partial charge in [-0.3, -0.25) is 33.8 Å². The molecule has 0 aromatic carbocycles. The van der Waals surface area contributed by atoms with Gasteiger partial charge in [-0.25, -0.2) is 0 Å². The van der Waals surface area contributed by atoms with Crippen molar-refractivity contribution in [1.82, 2.24) is 0 Å². The van der Waals surface area contributed by atoms with Crippen LogP contribution in [0.1, 0.15) is 0 Å². The Labute approximate surface area is 77.2 Å². The number of hydrogen-bond donors (Lipinski definition) is 6. The fourth-order valence-corrected chi connectivity index (χ4v) is 0. The first-order chi connectivity index (χ1) is 5.46. The molecule has 0 saturated carbocycles. The fraction of sp³-hybridized carbons (Fsp3) is 0. The molecule has 10 nitrogen and oxygen atoms in total. The molecule has 0 fully saturated rings. The van der Waals surface area contributed by atoms with Crippen LogP contribution < -0.4 is 41.3 Å². The maximum atomic E-state index is 8.65. The molecular weight excluding hydrogens is 356 g/mol. The molecule has 0 aromatic rings. The Balaban J connectivity index is -0.000000117. The van der Waals surface area contributed by atoms with Gasteiger partial charge in [0.1, 0.15) is 0 Å². The van der Waals surface area contributed by atoms with Crippen molar-refractivity contribution in [2.24, 2.45) is 22.9 Å². The van der Waals surface area contributed by atoms with Crippen molar-refractivity contribution in [2.45, 2.75) is 0 Å². The van der Waals surface area contributed by atoms with Crippen molar-refractivity contribution in [3.05, 3.63) is 0 Å². The van der Waals surface area contributed by atoms with E-state index in [1.807, 2.05) is 0 Å². The SMILES string of the molecule is NC(N)=[NH2+].NC(N)=[NH2+].[O]=[W](=[O])([O-])[O-]. The van der Waals surface area contributed by atoms with Crippen LogP contribution in [0.2, 0.25) is 0 Å². The number of hydrogen-bond acceptors (Lipinski definition) is 4. The topological polar surface area (TPSA) is 236 Å². The molecule has 0 aliphatic heterocycles. The van der Waals surface area contributed by atoms with Gasteiger partial charge in [0, 0.05) is 0 Å². The van der Waals surface area contributed by atoms with Gasteiger partial charge in [-0.2, -0.15) is 0 Å². The Morgan fingerprint density at radius 3 is 0.923 bits per heavy atom. The summed E-state index contributed by atoms with van der Waals surface area (Å²) in [7, 11) is 0. The second-order valence-electron chi connectivity index (χ2n) is 1.41. The van der Waals surface area contributed by atoms with Gasteiger partial charge in [0.25, 0.3) is 0 Å². The quantitative estimate of drug-likeness (QED) is 0.177. The molecule has 13 heavy (non-hydrogen) atoms. The van der Waals surface area contributed by atoms with Crippen molar-refractivity contribution in [3.63, 3.8) is 0 Å². The molecule has 0 aliphatic rings. The first kappa shape index (κ1) is 17.7. The molecule has 0 rings (SSSR count). The van der Waals surface area contributed by atoms with E-state index in [0.29, 0.717) is 0 Å². The van der Waals surface area contributed by atoms with E-state index in [1.165, 1.54) is 0 Å². The molecule has 0 spiro atoms. The van der Waals surface area contributed by atoms with Gasteiger partial charge >= 0.3 is 43.0 Å². The molecule has 12 N–H and O–H groups in total. The minimum atomic E-state index is -6.17. The predicted octanol–water partition coefficient (Wildman–Crippen LogP) is -8.58. The van der Waals surface area contributed by atoms with Gasteiger partial charge in [-0.1, -0.05) is 0 Å². The third-order valence-electron chi connectivity index (χ3n) is 0. The second kappa shape index (κ2) is 8.84. The third kappa shape index (κ3) is 525. The first-order valence-corrected chi connectivity index (χ1v) is 7.19. The molecule has 80 valence electrons. The molecular formula is C2H12N6O4W. The zero-order valence-electron chi connectivity index (χ0n) is 6.51. The molecule has 0 saturated heterocycles. The summed E-state index contributed by atoms with van der Waals surface area (Å²) in [6.07, 6.45) is 0. The van der Waals surface area contributed by atoms with Crippen LogP contribution in [0.3, 0.4) is 0 Å². The molecule has 0 amide bonds. The number of guanidine groups is 2. The summed E-state index contributed by atoms with van der Waals surface area (Å²) in [5.41, 5.74) is 18.3. The van der Waals surface area contributed by atoms with Crippen LogP contribution in [0.5, 0.6) is 0 Å². The Hall–Kier alpha value is -1.25. The van der Waals surface area contributed by atoms with Gasteiger partial charge < -0.3 is 0 Å².